The Hall–Kier alpha value is -4.17. The second-order valence-electron chi connectivity index (χ2n) is 6.77. The summed E-state index contributed by atoms with van der Waals surface area (Å²) < 4.78 is 11.3. The molecule has 9 heteroatoms. The van der Waals surface area contributed by atoms with E-state index in [4.69, 9.17) is 21.1 Å². The van der Waals surface area contributed by atoms with E-state index in [-0.39, 0.29) is 11.7 Å². The molecule has 0 aliphatic carbocycles. The minimum Gasteiger partial charge on any atom is -0.495 e. The molecule has 0 saturated heterocycles. The highest BCUT2D eigenvalue weighted by Crippen LogP contribution is 2.35. The smallest absolute Gasteiger partial charge is 0.255 e. The number of nitrogens with zero attached hydrogens (tertiary/aromatic N) is 3. The number of hydrogen-bond donors (Lipinski definition) is 2. The quantitative estimate of drug-likeness (QED) is 0.386. The summed E-state index contributed by atoms with van der Waals surface area (Å²) >= 11 is 6.36. The van der Waals surface area contributed by atoms with Gasteiger partial charge >= 0.3 is 0 Å². The number of aromatic nitrogens is 3. The lowest BCUT2D eigenvalue weighted by molar-refractivity contribution is 0.102. The summed E-state index contributed by atoms with van der Waals surface area (Å²) in [5.41, 5.74) is 2.19. The molecule has 0 spiro atoms. The summed E-state index contributed by atoms with van der Waals surface area (Å²) in [4.78, 5) is 25.8. The number of carbonyl (C=O) groups excluding carboxylic acids is 1. The molecule has 4 rings (SSSR count). The van der Waals surface area contributed by atoms with Crippen LogP contribution in [-0.2, 0) is 0 Å². The molecular formula is C24H20ClN5O3. The number of pyridine rings is 1. The van der Waals surface area contributed by atoms with Gasteiger partial charge in [0.15, 0.2) is 0 Å². The van der Waals surface area contributed by atoms with Crippen LogP contribution in [0.3, 0.4) is 0 Å². The molecule has 33 heavy (non-hydrogen) atoms. The zero-order valence-electron chi connectivity index (χ0n) is 17.9. The molecule has 0 atom stereocenters. The Labute approximate surface area is 195 Å². The van der Waals surface area contributed by atoms with Crippen molar-refractivity contribution >= 4 is 29.1 Å². The maximum Gasteiger partial charge on any atom is 0.255 e. The maximum absolute atomic E-state index is 12.9. The van der Waals surface area contributed by atoms with E-state index >= 15 is 0 Å². The molecule has 2 heterocycles. The van der Waals surface area contributed by atoms with Gasteiger partial charge in [-0.25, -0.2) is 15.0 Å². The number of anilines is 2. The Morgan fingerprint density at radius 2 is 1.82 bits per heavy atom. The van der Waals surface area contributed by atoms with Crippen LogP contribution in [0.1, 0.15) is 10.4 Å². The predicted octanol–water partition coefficient (Wildman–Crippen LogP) is 5.29. The van der Waals surface area contributed by atoms with E-state index in [0.29, 0.717) is 45.1 Å². The first-order valence-corrected chi connectivity index (χ1v) is 10.3. The van der Waals surface area contributed by atoms with Gasteiger partial charge in [0.25, 0.3) is 5.91 Å². The van der Waals surface area contributed by atoms with Crippen LogP contribution in [0.15, 0.2) is 73.1 Å². The second kappa shape index (κ2) is 9.97. The molecule has 2 aromatic heterocycles. The monoisotopic (exact) mass is 461 g/mol. The van der Waals surface area contributed by atoms with Crippen LogP contribution in [0, 0.1) is 0 Å². The summed E-state index contributed by atoms with van der Waals surface area (Å²) in [5, 5.41) is 6.07. The summed E-state index contributed by atoms with van der Waals surface area (Å²) in [7, 11) is 3.28. The van der Waals surface area contributed by atoms with E-state index in [1.165, 1.54) is 0 Å². The summed E-state index contributed by atoms with van der Waals surface area (Å²) in [6, 6.07) is 17.3. The van der Waals surface area contributed by atoms with Gasteiger partial charge in [-0.1, -0.05) is 23.7 Å². The molecule has 0 saturated carbocycles. The number of methoxy groups -OCH3 is 1. The van der Waals surface area contributed by atoms with Gasteiger partial charge < -0.3 is 20.1 Å². The predicted molar refractivity (Wildman–Crippen MR) is 127 cm³/mol. The molecule has 2 aromatic carbocycles. The average Bonchev–Trinajstić information content (AvgIpc) is 2.86. The van der Waals surface area contributed by atoms with Gasteiger partial charge in [0, 0.05) is 25.0 Å². The number of rotatable bonds is 7. The van der Waals surface area contributed by atoms with Crippen molar-refractivity contribution in [2.75, 3.05) is 24.8 Å². The number of para-hydroxylation sites is 2. The molecule has 0 unspecified atom stereocenters. The van der Waals surface area contributed by atoms with Gasteiger partial charge in [-0.15, -0.1) is 0 Å². The van der Waals surface area contributed by atoms with Crippen molar-refractivity contribution < 1.29 is 14.3 Å². The highest BCUT2D eigenvalue weighted by atomic mass is 35.5. The van der Waals surface area contributed by atoms with E-state index in [0.717, 1.165) is 0 Å². The van der Waals surface area contributed by atoms with E-state index < -0.39 is 0 Å². The Balaban J connectivity index is 1.63. The second-order valence-corrected chi connectivity index (χ2v) is 7.18. The maximum atomic E-state index is 12.9. The van der Waals surface area contributed by atoms with Gasteiger partial charge in [-0.2, -0.15) is 0 Å². The van der Waals surface area contributed by atoms with Crippen molar-refractivity contribution in [1.82, 2.24) is 15.0 Å². The Morgan fingerprint density at radius 1 is 0.970 bits per heavy atom. The standard InChI is InChI=1S/C24H20ClN5O3/c1-26-24-28-13-11-18(30-24)16-6-5-12-27-23(16)33-21-14-15(9-10-17(21)25)22(31)29-19-7-3-4-8-20(19)32-2/h3-14H,1-2H3,(H,29,31)(H,26,28,30). The van der Waals surface area contributed by atoms with E-state index in [9.17, 15) is 4.79 Å². The van der Waals surface area contributed by atoms with E-state index in [2.05, 4.69) is 25.6 Å². The molecular weight excluding hydrogens is 442 g/mol. The van der Waals surface area contributed by atoms with Crippen molar-refractivity contribution in [3.63, 3.8) is 0 Å². The first-order valence-electron chi connectivity index (χ1n) is 9.97. The molecule has 166 valence electrons. The number of nitrogens with one attached hydrogen (secondary N) is 2. The molecule has 2 N–H and O–H groups in total. The molecule has 0 aliphatic rings. The van der Waals surface area contributed by atoms with Crippen LogP contribution in [0.4, 0.5) is 11.6 Å². The first kappa shape index (κ1) is 22.0. The van der Waals surface area contributed by atoms with Crippen LogP contribution in [0.2, 0.25) is 5.02 Å². The highest BCUT2D eigenvalue weighted by Gasteiger charge is 2.16. The van der Waals surface area contributed by atoms with Crippen molar-refractivity contribution in [3.05, 3.63) is 83.6 Å². The Kier molecular flexibility index (Phi) is 6.66. The summed E-state index contributed by atoms with van der Waals surface area (Å²) in [6.07, 6.45) is 3.24. The topological polar surface area (TPSA) is 98.3 Å². The van der Waals surface area contributed by atoms with Crippen molar-refractivity contribution in [1.29, 1.82) is 0 Å². The summed E-state index contributed by atoms with van der Waals surface area (Å²) in [6.45, 7) is 0. The van der Waals surface area contributed by atoms with Gasteiger partial charge in [0.1, 0.15) is 11.5 Å². The van der Waals surface area contributed by atoms with E-state index in [1.54, 1.807) is 69.0 Å². The molecule has 1 amide bonds. The van der Waals surface area contributed by atoms with Gasteiger partial charge in [0.2, 0.25) is 11.8 Å². The van der Waals surface area contributed by atoms with Crippen LogP contribution >= 0.6 is 11.6 Å². The zero-order valence-corrected chi connectivity index (χ0v) is 18.6. The van der Waals surface area contributed by atoms with Crippen LogP contribution in [0.25, 0.3) is 11.3 Å². The number of carbonyl (C=O) groups is 1. The first-order chi connectivity index (χ1) is 16.1. The third-order valence-corrected chi connectivity index (χ3v) is 4.99. The molecule has 0 bridgehead atoms. The third kappa shape index (κ3) is 5.02. The van der Waals surface area contributed by atoms with Gasteiger partial charge in [-0.05, 0) is 48.5 Å². The van der Waals surface area contributed by atoms with Crippen molar-refractivity contribution in [3.8, 4) is 28.6 Å². The van der Waals surface area contributed by atoms with Crippen molar-refractivity contribution in [2.45, 2.75) is 0 Å². The number of hydrogen-bond acceptors (Lipinski definition) is 7. The third-order valence-electron chi connectivity index (χ3n) is 4.68. The number of amides is 1. The van der Waals surface area contributed by atoms with Gasteiger partial charge in [-0.3, -0.25) is 4.79 Å². The SMILES string of the molecule is CNc1nccc(-c2cccnc2Oc2cc(C(=O)Nc3ccccc3OC)ccc2Cl)n1. The molecule has 0 fully saturated rings. The minimum atomic E-state index is -0.336. The van der Waals surface area contributed by atoms with Crippen LogP contribution in [-0.4, -0.2) is 35.0 Å². The Morgan fingerprint density at radius 3 is 2.64 bits per heavy atom. The van der Waals surface area contributed by atoms with E-state index in [1.807, 2.05) is 18.2 Å². The largest absolute Gasteiger partial charge is 0.495 e. The molecule has 8 nitrogen and oxygen atoms in total. The fraction of sp³-hybridized carbons (Fsp3) is 0.0833. The van der Waals surface area contributed by atoms with Crippen LogP contribution < -0.4 is 20.1 Å². The number of ether oxygens (including phenoxy) is 2. The summed E-state index contributed by atoms with van der Waals surface area (Å²) in [5.74, 6) is 1.27. The highest BCUT2D eigenvalue weighted by molar-refractivity contribution is 6.32. The Bertz CT molecular complexity index is 1300. The number of benzene rings is 2. The van der Waals surface area contributed by atoms with Crippen molar-refractivity contribution in [2.24, 2.45) is 0 Å². The average molecular weight is 462 g/mol. The van der Waals surface area contributed by atoms with Gasteiger partial charge in [0.05, 0.1) is 29.1 Å². The molecule has 0 radical (unpaired) electrons. The fourth-order valence-electron chi connectivity index (χ4n) is 3.07. The zero-order chi connectivity index (χ0) is 23.2. The number of halogens is 1. The molecule has 0 aliphatic heterocycles. The fourth-order valence-corrected chi connectivity index (χ4v) is 3.22. The molecule has 4 aromatic rings. The lowest BCUT2D eigenvalue weighted by Gasteiger charge is -2.13. The lowest BCUT2D eigenvalue weighted by Crippen LogP contribution is -2.12. The van der Waals surface area contributed by atoms with Crippen LogP contribution in [0.5, 0.6) is 17.4 Å². The lowest BCUT2D eigenvalue weighted by atomic mass is 10.1. The minimum absolute atomic E-state index is 0.284. The normalized spacial score (nSPS) is 10.4.